The van der Waals surface area contributed by atoms with Crippen LogP contribution in [0, 0.1) is 5.92 Å². The minimum Gasteiger partial charge on any atom is -0.460 e. The highest BCUT2D eigenvalue weighted by Crippen LogP contribution is 2.04. The van der Waals surface area contributed by atoms with Crippen LogP contribution >= 0.6 is 0 Å². The van der Waals surface area contributed by atoms with Gasteiger partial charge in [0.15, 0.2) is 0 Å². The molecule has 0 N–H and O–H groups in total. The monoisotopic (exact) mass is 204 g/mol. The minimum atomic E-state index is -0.536. The first kappa shape index (κ1) is 11.2. The molecule has 1 aromatic carbocycles. The summed E-state index contributed by atoms with van der Waals surface area (Å²) in [5, 5.41) is 0. The topological polar surface area (TPSA) is 43.4 Å². The van der Waals surface area contributed by atoms with Crippen molar-refractivity contribution >= 4 is 11.9 Å². The highest BCUT2D eigenvalue weighted by atomic mass is 16.5. The Balaban J connectivity index is 2.44. The Morgan fingerprint density at radius 1 is 1.47 bits per heavy atom. The molecule has 0 radical (unpaired) electrons. The predicted molar refractivity (Wildman–Crippen MR) is 55.7 cm³/mol. The fourth-order valence-electron chi connectivity index (χ4n) is 1.03. The maximum Gasteiger partial charge on any atom is 0.313 e. The lowest BCUT2D eigenvalue weighted by Crippen LogP contribution is -2.12. The molecular weight excluding hydrogens is 192 g/mol. The fraction of sp³-hybridized carbons (Fsp3) is 0.250. The normalized spacial score (nSPS) is 11.3. The van der Waals surface area contributed by atoms with Crippen LogP contribution in [0.2, 0.25) is 0 Å². The maximum absolute atomic E-state index is 11.3. The first-order chi connectivity index (χ1) is 7.24. The number of hydrogen-bond acceptors (Lipinski definition) is 3. The molecule has 78 valence electrons. The number of hydrogen-bond donors (Lipinski definition) is 0. The average Bonchev–Trinajstić information content (AvgIpc) is 2.27. The Morgan fingerprint density at radius 3 is 2.73 bits per heavy atom. The van der Waals surface area contributed by atoms with E-state index in [1.54, 1.807) is 12.9 Å². The van der Waals surface area contributed by atoms with Gasteiger partial charge in [0.2, 0.25) is 0 Å². The van der Waals surface area contributed by atoms with Gasteiger partial charge in [-0.2, -0.15) is 0 Å². The van der Waals surface area contributed by atoms with E-state index in [0.29, 0.717) is 0 Å². The first-order valence-electron chi connectivity index (χ1n) is 4.65. The number of ether oxygens (including phenoxy) is 1. The zero-order chi connectivity index (χ0) is 11.1. The SMILES string of the molecule is CC(C=C=O)C(=O)OCc1ccccc1. The lowest BCUT2D eigenvalue weighted by atomic mass is 10.2. The summed E-state index contributed by atoms with van der Waals surface area (Å²) >= 11 is 0. The summed E-state index contributed by atoms with van der Waals surface area (Å²) in [6.45, 7) is 1.83. The smallest absolute Gasteiger partial charge is 0.313 e. The first-order valence-corrected chi connectivity index (χ1v) is 4.65. The molecule has 3 heteroatoms. The molecule has 0 aliphatic heterocycles. The number of carbonyl (C=O) groups is 1. The number of esters is 1. The van der Waals surface area contributed by atoms with Crippen LogP contribution in [-0.4, -0.2) is 11.9 Å². The molecule has 0 fully saturated rings. The molecule has 1 rings (SSSR count). The quantitative estimate of drug-likeness (QED) is 0.554. The summed E-state index contributed by atoms with van der Waals surface area (Å²) in [6, 6.07) is 9.37. The van der Waals surface area contributed by atoms with Crippen molar-refractivity contribution in [2.24, 2.45) is 5.92 Å². The molecule has 0 bridgehead atoms. The Labute approximate surface area is 88.4 Å². The zero-order valence-corrected chi connectivity index (χ0v) is 8.47. The molecular formula is C12H12O3. The van der Waals surface area contributed by atoms with Gasteiger partial charge >= 0.3 is 5.97 Å². The lowest BCUT2D eigenvalue weighted by Gasteiger charge is -2.06. The van der Waals surface area contributed by atoms with Crippen molar-refractivity contribution < 1.29 is 14.3 Å². The van der Waals surface area contributed by atoms with E-state index >= 15 is 0 Å². The molecule has 15 heavy (non-hydrogen) atoms. The van der Waals surface area contributed by atoms with Gasteiger partial charge in [-0.15, -0.1) is 0 Å². The molecule has 0 amide bonds. The van der Waals surface area contributed by atoms with Gasteiger partial charge in [-0.1, -0.05) is 30.3 Å². The third-order valence-electron chi connectivity index (χ3n) is 1.91. The van der Waals surface area contributed by atoms with Crippen LogP contribution in [0.1, 0.15) is 12.5 Å². The van der Waals surface area contributed by atoms with Crippen molar-refractivity contribution in [1.29, 1.82) is 0 Å². The van der Waals surface area contributed by atoms with Crippen molar-refractivity contribution in [1.82, 2.24) is 0 Å². The van der Waals surface area contributed by atoms with E-state index < -0.39 is 11.9 Å². The predicted octanol–water partition coefficient (Wildman–Crippen LogP) is 1.75. The zero-order valence-electron chi connectivity index (χ0n) is 8.47. The molecule has 0 saturated heterocycles. The Hall–Kier alpha value is -1.86. The van der Waals surface area contributed by atoms with Gasteiger partial charge in [0.1, 0.15) is 12.5 Å². The second-order valence-corrected chi connectivity index (χ2v) is 3.17. The van der Waals surface area contributed by atoms with Crippen molar-refractivity contribution in [3.63, 3.8) is 0 Å². The molecule has 0 saturated carbocycles. The molecule has 0 spiro atoms. The van der Waals surface area contributed by atoms with E-state index in [1.165, 1.54) is 0 Å². The average molecular weight is 204 g/mol. The van der Waals surface area contributed by atoms with Crippen molar-refractivity contribution in [2.75, 3.05) is 0 Å². The van der Waals surface area contributed by atoms with Crippen LogP contribution in [0.5, 0.6) is 0 Å². The molecule has 0 aliphatic rings. The maximum atomic E-state index is 11.3. The van der Waals surface area contributed by atoms with E-state index in [9.17, 15) is 9.59 Å². The van der Waals surface area contributed by atoms with Crippen LogP contribution in [-0.2, 0) is 20.9 Å². The highest BCUT2D eigenvalue weighted by molar-refractivity contribution is 5.76. The van der Waals surface area contributed by atoms with Gasteiger partial charge in [-0.25, -0.2) is 4.79 Å². The Bertz CT molecular complexity index is 364. The number of carbonyl (C=O) groups excluding carboxylic acids is 2. The molecule has 1 unspecified atom stereocenters. The van der Waals surface area contributed by atoms with Crippen LogP contribution in [0.3, 0.4) is 0 Å². The van der Waals surface area contributed by atoms with Crippen LogP contribution in [0.25, 0.3) is 0 Å². The van der Waals surface area contributed by atoms with Gasteiger partial charge in [0.05, 0.1) is 5.92 Å². The van der Waals surface area contributed by atoms with Gasteiger partial charge in [-0.05, 0) is 12.5 Å². The number of rotatable bonds is 4. The van der Waals surface area contributed by atoms with Gasteiger partial charge in [0.25, 0.3) is 0 Å². The van der Waals surface area contributed by atoms with E-state index in [0.717, 1.165) is 11.6 Å². The Morgan fingerprint density at radius 2 is 2.13 bits per heavy atom. The van der Waals surface area contributed by atoms with Gasteiger partial charge in [-0.3, -0.25) is 4.79 Å². The molecule has 1 atom stereocenters. The molecule has 0 heterocycles. The van der Waals surface area contributed by atoms with E-state index in [4.69, 9.17) is 4.74 Å². The molecule has 3 nitrogen and oxygen atoms in total. The summed E-state index contributed by atoms with van der Waals surface area (Å²) in [6.07, 6.45) is 1.15. The van der Waals surface area contributed by atoms with Crippen LogP contribution in [0.4, 0.5) is 0 Å². The second-order valence-electron chi connectivity index (χ2n) is 3.17. The second kappa shape index (κ2) is 5.78. The molecule has 0 aliphatic carbocycles. The lowest BCUT2D eigenvalue weighted by molar-refractivity contribution is -0.147. The van der Waals surface area contributed by atoms with Crippen molar-refractivity contribution in [3.05, 3.63) is 42.0 Å². The van der Waals surface area contributed by atoms with Crippen molar-refractivity contribution in [2.45, 2.75) is 13.5 Å². The van der Waals surface area contributed by atoms with Gasteiger partial charge < -0.3 is 4.74 Å². The third-order valence-corrected chi connectivity index (χ3v) is 1.91. The fourth-order valence-corrected chi connectivity index (χ4v) is 1.03. The molecule has 0 aromatic heterocycles. The third kappa shape index (κ3) is 3.79. The van der Waals surface area contributed by atoms with Crippen molar-refractivity contribution in [3.8, 4) is 0 Å². The summed E-state index contributed by atoms with van der Waals surface area (Å²) in [4.78, 5) is 21.3. The minimum absolute atomic E-state index is 0.233. The summed E-state index contributed by atoms with van der Waals surface area (Å²) < 4.78 is 4.99. The molecule has 1 aromatic rings. The summed E-state index contributed by atoms with van der Waals surface area (Å²) in [5.41, 5.74) is 0.924. The van der Waals surface area contributed by atoms with E-state index in [-0.39, 0.29) is 6.61 Å². The highest BCUT2D eigenvalue weighted by Gasteiger charge is 2.11. The van der Waals surface area contributed by atoms with Crippen LogP contribution in [0.15, 0.2) is 36.4 Å². The standard InChI is InChI=1S/C12H12O3/c1-10(7-8-13)12(14)15-9-11-5-3-2-4-6-11/h2-7,10H,9H2,1H3. The van der Waals surface area contributed by atoms with E-state index in [2.05, 4.69) is 0 Å². The summed E-state index contributed by atoms with van der Waals surface area (Å²) in [5.74, 6) is 0.620. The van der Waals surface area contributed by atoms with Gasteiger partial charge in [0, 0.05) is 6.08 Å². The summed E-state index contributed by atoms with van der Waals surface area (Å²) in [7, 11) is 0. The van der Waals surface area contributed by atoms with E-state index in [1.807, 2.05) is 30.3 Å². The van der Waals surface area contributed by atoms with Crippen LogP contribution < -0.4 is 0 Å². The largest absolute Gasteiger partial charge is 0.460 e. The number of benzene rings is 1. The Kier molecular flexibility index (Phi) is 4.32.